The van der Waals surface area contributed by atoms with Crippen LogP contribution in [0.5, 0.6) is 0 Å². The monoisotopic (exact) mass is 329 g/mol. The van der Waals surface area contributed by atoms with Crippen LogP contribution >= 0.6 is 11.3 Å². The number of aromatic nitrogens is 1. The SMILES string of the molecule is Cc1ccc2c(c1)sc[n+]2CC(=O)OC(C)C.[Br-]. The fourth-order valence-corrected chi connectivity index (χ4v) is 2.68. The Hall–Kier alpha value is -0.940. The lowest BCUT2D eigenvalue weighted by Gasteiger charge is -2.04. The molecule has 1 heterocycles. The number of carbonyl (C=O) groups is 1. The second-order valence-electron chi connectivity index (χ2n) is 4.36. The summed E-state index contributed by atoms with van der Waals surface area (Å²) in [5, 5.41) is 0. The van der Waals surface area contributed by atoms with Crippen LogP contribution in [0.4, 0.5) is 0 Å². The van der Waals surface area contributed by atoms with Gasteiger partial charge in [-0.25, -0.2) is 4.79 Å². The van der Waals surface area contributed by atoms with Gasteiger partial charge in [-0.1, -0.05) is 17.4 Å². The zero-order chi connectivity index (χ0) is 12.4. The lowest BCUT2D eigenvalue weighted by molar-refractivity contribution is -0.655. The third kappa shape index (κ3) is 3.53. The molecule has 0 amide bonds. The predicted octanol–water partition coefficient (Wildman–Crippen LogP) is -0.547. The van der Waals surface area contributed by atoms with Crippen molar-refractivity contribution in [2.45, 2.75) is 33.4 Å². The van der Waals surface area contributed by atoms with E-state index < -0.39 is 0 Å². The number of ether oxygens (including phenoxy) is 1. The number of hydrogen-bond donors (Lipinski definition) is 0. The van der Waals surface area contributed by atoms with Crippen LogP contribution in [0.2, 0.25) is 0 Å². The Morgan fingerprint density at radius 2 is 2.17 bits per heavy atom. The molecule has 0 aliphatic carbocycles. The summed E-state index contributed by atoms with van der Waals surface area (Å²) in [5.74, 6) is -0.190. The van der Waals surface area contributed by atoms with Crippen LogP contribution in [0.1, 0.15) is 19.4 Å². The van der Waals surface area contributed by atoms with Gasteiger partial charge in [0.1, 0.15) is 4.70 Å². The molecule has 2 rings (SSSR count). The smallest absolute Gasteiger partial charge is 0.372 e. The first-order valence-electron chi connectivity index (χ1n) is 5.63. The van der Waals surface area contributed by atoms with Crippen molar-refractivity contribution in [2.24, 2.45) is 0 Å². The third-order valence-electron chi connectivity index (χ3n) is 2.40. The van der Waals surface area contributed by atoms with E-state index in [2.05, 4.69) is 19.1 Å². The summed E-state index contributed by atoms with van der Waals surface area (Å²) in [4.78, 5) is 11.6. The molecule has 0 bridgehead atoms. The van der Waals surface area contributed by atoms with Crippen LogP contribution < -0.4 is 21.5 Å². The first kappa shape index (κ1) is 15.1. The fraction of sp³-hybridized carbons (Fsp3) is 0.385. The number of hydrogen-bond acceptors (Lipinski definition) is 3. The standard InChI is InChI=1S/C13H16NO2S.BrH/c1-9(2)16-13(15)7-14-8-17-12-6-10(3)4-5-11(12)14;/h4-6,8-9H,7H2,1-3H3;1H/q+1;/p-1. The number of benzene rings is 1. The predicted molar refractivity (Wildman–Crippen MR) is 68.0 cm³/mol. The van der Waals surface area contributed by atoms with Gasteiger partial charge in [-0.3, -0.25) is 0 Å². The Morgan fingerprint density at radius 1 is 1.44 bits per heavy atom. The van der Waals surface area contributed by atoms with Crippen LogP contribution in [0.3, 0.4) is 0 Å². The molecular weight excluding hydrogens is 314 g/mol. The average molecular weight is 330 g/mol. The molecule has 18 heavy (non-hydrogen) atoms. The molecule has 1 aromatic heterocycles. The molecule has 0 saturated carbocycles. The van der Waals surface area contributed by atoms with Crippen molar-refractivity contribution in [3.05, 3.63) is 29.3 Å². The average Bonchev–Trinajstić information content (AvgIpc) is 2.59. The highest BCUT2D eigenvalue weighted by Gasteiger charge is 2.17. The Labute approximate surface area is 121 Å². The summed E-state index contributed by atoms with van der Waals surface area (Å²) in [5.41, 5.74) is 4.28. The molecule has 0 aliphatic heterocycles. The van der Waals surface area contributed by atoms with Gasteiger partial charge in [-0.15, -0.1) is 0 Å². The van der Waals surface area contributed by atoms with Gasteiger partial charge in [0.05, 0.1) is 6.10 Å². The molecule has 2 aromatic rings. The number of esters is 1. The largest absolute Gasteiger partial charge is 1.00 e. The first-order chi connectivity index (χ1) is 8.06. The fourth-order valence-electron chi connectivity index (χ4n) is 1.69. The molecule has 0 unspecified atom stereocenters. The van der Waals surface area contributed by atoms with Crippen LogP contribution in [0, 0.1) is 6.92 Å². The van der Waals surface area contributed by atoms with E-state index in [0.29, 0.717) is 0 Å². The van der Waals surface area contributed by atoms with Crippen molar-refractivity contribution in [3.8, 4) is 0 Å². The highest BCUT2D eigenvalue weighted by molar-refractivity contribution is 7.16. The molecule has 3 nitrogen and oxygen atoms in total. The summed E-state index contributed by atoms with van der Waals surface area (Å²) >= 11 is 1.64. The number of halogens is 1. The summed E-state index contributed by atoms with van der Waals surface area (Å²) in [6.45, 7) is 6.06. The van der Waals surface area contributed by atoms with Crippen molar-refractivity contribution < 1.29 is 31.1 Å². The molecule has 0 spiro atoms. The van der Waals surface area contributed by atoms with E-state index in [1.165, 1.54) is 10.3 Å². The van der Waals surface area contributed by atoms with E-state index in [1.807, 2.05) is 30.0 Å². The highest BCUT2D eigenvalue weighted by atomic mass is 79.9. The number of fused-ring (bicyclic) bond motifs is 1. The van der Waals surface area contributed by atoms with Crippen LogP contribution in [-0.4, -0.2) is 12.1 Å². The summed E-state index contributed by atoms with van der Waals surface area (Å²) in [6.07, 6.45) is -0.0600. The van der Waals surface area contributed by atoms with Gasteiger partial charge in [-0.05, 0) is 32.4 Å². The second kappa shape index (κ2) is 6.29. The van der Waals surface area contributed by atoms with Crippen LogP contribution in [0.25, 0.3) is 10.2 Å². The number of aryl methyl sites for hydroxylation is 1. The molecule has 0 aliphatic rings. The van der Waals surface area contributed by atoms with Gasteiger partial charge in [0, 0.05) is 6.07 Å². The summed E-state index contributed by atoms with van der Waals surface area (Å²) < 4.78 is 8.27. The van der Waals surface area contributed by atoms with E-state index in [1.54, 1.807) is 11.3 Å². The zero-order valence-corrected chi connectivity index (χ0v) is 13.0. The summed E-state index contributed by atoms with van der Waals surface area (Å²) in [6, 6.07) is 6.23. The molecule has 0 saturated heterocycles. The first-order valence-corrected chi connectivity index (χ1v) is 6.51. The Balaban J connectivity index is 0.00000162. The lowest BCUT2D eigenvalue weighted by atomic mass is 10.2. The van der Waals surface area contributed by atoms with Crippen molar-refractivity contribution in [1.82, 2.24) is 0 Å². The van der Waals surface area contributed by atoms with Gasteiger partial charge >= 0.3 is 5.97 Å². The molecule has 1 aromatic carbocycles. The van der Waals surface area contributed by atoms with Crippen molar-refractivity contribution in [2.75, 3.05) is 0 Å². The van der Waals surface area contributed by atoms with E-state index in [0.717, 1.165) is 5.52 Å². The van der Waals surface area contributed by atoms with Gasteiger partial charge < -0.3 is 21.7 Å². The quantitative estimate of drug-likeness (QED) is 0.559. The van der Waals surface area contributed by atoms with Crippen molar-refractivity contribution >= 4 is 27.5 Å². The molecule has 98 valence electrons. The molecule has 0 atom stereocenters. The van der Waals surface area contributed by atoms with E-state index in [9.17, 15) is 4.79 Å². The number of thiazole rings is 1. The molecular formula is C13H16BrNO2S. The second-order valence-corrected chi connectivity index (χ2v) is 5.25. The van der Waals surface area contributed by atoms with Crippen LogP contribution in [-0.2, 0) is 16.1 Å². The zero-order valence-electron chi connectivity index (χ0n) is 10.6. The Kier molecular flexibility index (Phi) is 5.28. The van der Waals surface area contributed by atoms with Crippen LogP contribution in [0.15, 0.2) is 23.7 Å². The minimum Gasteiger partial charge on any atom is -1.00 e. The Morgan fingerprint density at radius 3 is 2.83 bits per heavy atom. The Bertz CT molecular complexity index is 551. The molecule has 0 radical (unpaired) electrons. The summed E-state index contributed by atoms with van der Waals surface area (Å²) in [7, 11) is 0. The maximum Gasteiger partial charge on any atom is 0.372 e. The third-order valence-corrected chi connectivity index (χ3v) is 3.34. The molecule has 0 N–H and O–H groups in total. The molecule has 5 heteroatoms. The van der Waals surface area contributed by atoms with Gasteiger partial charge in [-0.2, -0.15) is 4.57 Å². The number of carbonyl (C=O) groups excluding carboxylic acids is 1. The van der Waals surface area contributed by atoms with Crippen molar-refractivity contribution in [1.29, 1.82) is 0 Å². The number of nitrogens with zero attached hydrogens (tertiary/aromatic N) is 1. The van der Waals surface area contributed by atoms with E-state index in [-0.39, 0.29) is 35.6 Å². The van der Waals surface area contributed by atoms with Gasteiger partial charge in [0.15, 0.2) is 0 Å². The minimum atomic E-state index is -0.190. The van der Waals surface area contributed by atoms with Crippen molar-refractivity contribution in [3.63, 3.8) is 0 Å². The van der Waals surface area contributed by atoms with E-state index >= 15 is 0 Å². The maximum atomic E-state index is 11.6. The van der Waals surface area contributed by atoms with Gasteiger partial charge in [0.25, 0.3) is 0 Å². The normalized spacial score (nSPS) is 10.4. The topological polar surface area (TPSA) is 30.2 Å². The lowest BCUT2D eigenvalue weighted by Crippen LogP contribution is -3.00. The molecule has 0 fully saturated rings. The van der Waals surface area contributed by atoms with Gasteiger partial charge in [0.2, 0.25) is 17.6 Å². The number of rotatable bonds is 3. The minimum absolute atomic E-state index is 0. The van der Waals surface area contributed by atoms with E-state index in [4.69, 9.17) is 4.74 Å². The highest BCUT2D eigenvalue weighted by Crippen LogP contribution is 2.17. The maximum absolute atomic E-state index is 11.6.